The predicted octanol–water partition coefficient (Wildman–Crippen LogP) is -0.538. The maximum absolute atomic E-state index is 11.4. The van der Waals surface area contributed by atoms with Crippen LogP contribution in [0.5, 0.6) is 0 Å². The van der Waals surface area contributed by atoms with Crippen molar-refractivity contribution >= 4 is 18.1 Å². The van der Waals surface area contributed by atoms with E-state index in [1.165, 1.54) is 6.92 Å². The van der Waals surface area contributed by atoms with Crippen LogP contribution in [0.3, 0.4) is 0 Å². The number of carbonyl (C=O) groups excluding carboxylic acids is 3. The Kier molecular flexibility index (Phi) is 5.52. The van der Waals surface area contributed by atoms with E-state index in [9.17, 15) is 14.4 Å². The molecule has 2 amide bonds. The number of rotatable bonds is 5. The molecule has 2 N–H and O–H groups in total. The summed E-state index contributed by atoms with van der Waals surface area (Å²) in [6, 6.07) is -0.576. The summed E-state index contributed by atoms with van der Waals surface area (Å²) in [6.45, 7) is 4.96. The van der Waals surface area contributed by atoms with E-state index in [1.807, 2.05) is 13.8 Å². The Hall–Kier alpha value is -1.39. The van der Waals surface area contributed by atoms with E-state index in [4.69, 9.17) is 0 Å². The van der Waals surface area contributed by atoms with Crippen LogP contribution < -0.4 is 10.6 Å². The van der Waals surface area contributed by atoms with Gasteiger partial charge in [-0.1, -0.05) is 13.8 Å². The standard InChI is InChI=1S/C9H16N2O3/c1-6(2)8(11-7(3)13)9(14)10-4-5-12/h5-6,8H,4H2,1-3H3,(H,10,14)(H,11,13). The van der Waals surface area contributed by atoms with Gasteiger partial charge in [0.2, 0.25) is 11.8 Å². The van der Waals surface area contributed by atoms with Crippen molar-refractivity contribution in [3.8, 4) is 0 Å². The van der Waals surface area contributed by atoms with Crippen LogP contribution in [0, 0.1) is 5.92 Å². The zero-order chi connectivity index (χ0) is 11.1. The Morgan fingerprint density at radius 2 is 1.93 bits per heavy atom. The van der Waals surface area contributed by atoms with Crippen LogP contribution in [0.15, 0.2) is 0 Å². The quantitative estimate of drug-likeness (QED) is 0.585. The Bertz CT molecular complexity index is 226. The van der Waals surface area contributed by atoms with E-state index >= 15 is 0 Å². The molecule has 0 saturated carbocycles. The molecule has 0 aliphatic carbocycles. The van der Waals surface area contributed by atoms with Crippen molar-refractivity contribution in [2.45, 2.75) is 26.8 Å². The molecule has 0 saturated heterocycles. The number of amides is 2. The van der Waals surface area contributed by atoms with Gasteiger partial charge in [-0.3, -0.25) is 9.59 Å². The first-order valence-corrected chi connectivity index (χ1v) is 4.47. The minimum Gasteiger partial charge on any atom is -0.348 e. The molecular formula is C9H16N2O3. The molecule has 14 heavy (non-hydrogen) atoms. The Morgan fingerprint density at radius 1 is 1.36 bits per heavy atom. The van der Waals surface area contributed by atoms with E-state index in [1.54, 1.807) is 0 Å². The fourth-order valence-corrected chi connectivity index (χ4v) is 1.01. The summed E-state index contributed by atoms with van der Waals surface area (Å²) in [7, 11) is 0. The van der Waals surface area contributed by atoms with E-state index in [-0.39, 0.29) is 24.3 Å². The summed E-state index contributed by atoms with van der Waals surface area (Å²) < 4.78 is 0. The van der Waals surface area contributed by atoms with Gasteiger partial charge in [-0.15, -0.1) is 0 Å². The topological polar surface area (TPSA) is 75.3 Å². The lowest BCUT2D eigenvalue weighted by molar-refractivity contribution is -0.129. The van der Waals surface area contributed by atoms with Crippen molar-refractivity contribution in [2.75, 3.05) is 6.54 Å². The van der Waals surface area contributed by atoms with E-state index < -0.39 is 6.04 Å². The molecule has 0 radical (unpaired) electrons. The first kappa shape index (κ1) is 12.6. The van der Waals surface area contributed by atoms with Crippen LogP contribution >= 0.6 is 0 Å². The van der Waals surface area contributed by atoms with Crippen LogP contribution in [0.4, 0.5) is 0 Å². The van der Waals surface area contributed by atoms with Crippen molar-refractivity contribution in [1.29, 1.82) is 0 Å². The molecule has 80 valence electrons. The zero-order valence-electron chi connectivity index (χ0n) is 8.66. The lowest BCUT2D eigenvalue weighted by atomic mass is 10.0. The van der Waals surface area contributed by atoms with Crippen molar-refractivity contribution in [2.24, 2.45) is 5.92 Å². The first-order chi connectivity index (χ1) is 6.49. The molecule has 5 heteroatoms. The van der Waals surface area contributed by atoms with Crippen LogP contribution in [-0.4, -0.2) is 30.7 Å². The minimum absolute atomic E-state index is 0.00875. The molecule has 1 atom stereocenters. The molecule has 0 aromatic heterocycles. The Labute approximate surface area is 83.2 Å². The highest BCUT2D eigenvalue weighted by Gasteiger charge is 2.22. The third-order valence-corrected chi connectivity index (χ3v) is 1.67. The fourth-order valence-electron chi connectivity index (χ4n) is 1.01. The Balaban J connectivity index is 4.25. The van der Waals surface area contributed by atoms with E-state index in [0.29, 0.717) is 6.29 Å². The summed E-state index contributed by atoms with van der Waals surface area (Å²) in [5.74, 6) is -0.599. The average molecular weight is 200 g/mol. The normalized spacial score (nSPS) is 12.0. The van der Waals surface area contributed by atoms with Gasteiger partial charge in [-0.25, -0.2) is 0 Å². The highest BCUT2D eigenvalue weighted by atomic mass is 16.2. The lowest BCUT2D eigenvalue weighted by Gasteiger charge is -2.20. The SMILES string of the molecule is CC(=O)NC(C(=O)NCC=O)C(C)C. The van der Waals surface area contributed by atoms with Gasteiger partial charge in [0.25, 0.3) is 0 Å². The number of hydrogen-bond donors (Lipinski definition) is 2. The molecule has 0 spiro atoms. The summed E-state index contributed by atoms with van der Waals surface area (Å²) >= 11 is 0. The lowest BCUT2D eigenvalue weighted by Crippen LogP contribution is -2.49. The van der Waals surface area contributed by atoms with Gasteiger partial charge in [0.15, 0.2) is 0 Å². The summed E-state index contributed by atoms with van der Waals surface area (Å²) in [4.78, 5) is 32.2. The smallest absolute Gasteiger partial charge is 0.243 e. The molecule has 0 aromatic carbocycles. The molecule has 5 nitrogen and oxygen atoms in total. The molecular weight excluding hydrogens is 184 g/mol. The molecule has 0 aromatic rings. The molecule has 0 aliphatic heterocycles. The number of carbonyl (C=O) groups is 3. The maximum Gasteiger partial charge on any atom is 0.243 e. The molecule has 1 unspecified atom stereocenters. The van der Waals surface area contributed by atoms with Gasteiger partial charge in [-0.05, 0) is 5.92 Å². The van der Waals surface area contributed by atoms with Crippen LogP contribution in [0.25, 0.3) is 0 Å². The van der Waals surface area contributed by atoms with Gasteiger partial charge in [-0.2, -0.15) is 0 Å². The number of aldehydes is 1. The van der Waals surface area contributed by atoms with E-state index in [0.717, 1.165) is 0 Å². The largest absolute Gasteiger partial charge is 0.348 e. The zero-order valence-corrected chi connectivity index (χ0v) is 8.66. The maximum atomic E-state index is 11.4. The van der Waals surface area contributed by atoms with E-state index in [2.05, 4.69) is 10.6 Å². The van der Waals surface area contributed by atoms with Gasteiger partial charge >= 0.3 is 0 Å². The number of hydrogen-bond acceptors (Lipinski definition) is 3. The van der Waals surface area contributed by atoms with Crippen molar-refractivity contribution in [3.05, 3.63) is 0 Å². The molecule has 0 rings (SSSR count). The summed E-state index contributed by atoms with van der Waals surface area (Å²) in [5.41, 5.74) is 0. The van der Waals surface area contributed by atoms with Crippen molar-refractivity contribution in [3.63, 3.8) is 0 Å². The van der Waals surface area contributed by atoms with Crippen molar-refractivity contribution in [1.82, 2.24) is 10.6 Å². The second-order valence-electron chi connectivity index (χ2n) is 3.33. The Morgan fingerprint density at radius 3 is 2.29 bits per heavy atom. The third-order valence-electron chi connectivity index (χ3n) is 1.67. The summed E-state index contributed by atoms with van der Waals surface area (Å²) in [5, 5.41) is 4.92. The second-order valence-corrected chi connectivity index (χ2v) is 3.33. The molecule has 0 fully saturated rings. The minimum atomic E-state index is -0.576. The first-order valence-electron chi connectivity index (χ1n) is 4.47. The van der Waals surface area contributed by atoms with Crippen LogP contribution in [-0.2, 0) is 14.4 Å². The summed E-state index contributed by atoms with van der Waals surface area (Å²) in [6.07, 6.45) is 0.600. The number of nitrogens with one attached hydrogen (secondary N) is 2. The average Bonchev–Trinajstić information content (AvgIpc) is 2.09. The van der Waals surface area contributed by atoms with Gasteiger partial charge in [0.05, 0.1) is 6.54 Å². The molecule has 0 heterocycles. The molecule has 0 bridgehead atoms. The predicted molar refractivity (Wildman–Crippen MR) is 51.5 cm³/mol. The second kappa shape index (κ2) is 6.12. The fraction of sp³-hybridized carbons (Fsp3) is 0.667. The van der Waals surface area contributed by atoms with Gasteiger partial charge in [0.1, 0.15) is 12.3 Å². The van der Waals surface area contributed by atoms with Crippen LogP contribution in [0.1, 0.15) is 20.8 Å². The highest BCUT2D eigenvalue weighted by molar-refractivity contribution is 5.87. The monoisotopic (exact) mass is 200 g/mol. The van der Waals surface area contributed by atoms with Crippen LogP contribution in [0.2, 0.25) is 0 Å². The highest BCUT2D eigenvalue weighted by Crippen LogP contribution is 2.01. The van der Waals surface area contributed by atoms with Gasteiger partial charge in [0, 0.05) is 6.92 Å². The molecule has 0 aliphatic rings. The third kappa shape index (κ3) is 4.59. The van der Waals surface area contributed by atoms with Crippen molar-refractivity contribution < 1.29 is 14.4 Å². The van der Waals surface area contributed by atoms with Gasteiger partial charge < -0.3 is 15.4 Å².